The van der Waals surface area contributed by atoms with Gasteiger partial charge in [0.25, 0.3) is 0 Å². The second kappa shape index (κ2) is 6.16. The Labute approximate surface area is 109 Å². The van der Waals surface area contributed by atoms with Gasteiger partial charge in [-0.3, -0.25) is 4.79 Å². The van der Waals surface area contributed by atoms with Gasteiger partial charge < -0.3 is 14.9 Å². The predicted octanol–water partition coefficient (Wildman–Crippen LogP) is 1.53. The topological polar surface area (TPSA) is 66.8 Å². The first kappa shape index (κ1) is 17.6. The maximum absolute atomic E-state index is 12.8. The Morgan fingerprint density at radius 1 is 1.22 bits per heavy atom. The lowest BCUT2D eigenvalue weighted by molar-refractivity contribution is -0.174. The van der Waals surface area contributed by atoms with E-state index in [1.165, 1.54) is 15.9 Å². The summed E-state index contributed by atoms with van der Waals surface area (Å²) in [6.07, 6.45) is -1.38. The fraction of sp³-hybridized carbons (Fsp3) is 0.889. The van der Waals surface area contributed by atoms with Gasteiger partial charge >= 0.3 is 16.7 Å². The number of ether oxygens (including phenoxy) is 1. The van der Waals surface area contributed by atoms with E-state index < -0.39 is 48.4 Å². The molecule has 108 valence electrons. The van der Waals surface area contributed by atoms with Crippen molar-refractivity contribution in [1.82, 2.24) is 0 Å². The first-order valence-electron chi connectivity index (χ1n) is 4.83. The van der Waals surface area contributed by atoms with Gasteiger partial charge in [0, 0.05) is 0 Å². The van der Waals surface area contributed by atoms with Crippen molar-refractivity contribution in [3.63, 3.8) is 0 Å². The van der Waals surface area contributed by atoms with Crippen LogP contribution in [0.25, 0.3) is 0 Å². The molecule has 0 aromatic rings. The molecule has 0 unspecified atom stereocenters. The summed E-state index contributed by atoms with van der Waals surface area (Å²) < 4.78 is 54.5. The van der Waals surface area contributed by atoms with Crippen LogP contribution in [-0.4, -0.2) is 46.8 Å². The number of carbonyl (C=O) groups is 1. The molecule has 9 heteroatoms. The normalized spacial score (nSPS) is 13.6. The van der Waals surface area contributed by atoms with E-state index in [1.807, 2.05) is 0 Å². The third-order valence-electron chi connectivity index (χ3n) is 2.25. The van der Waals surface area contributed by atoms with Crippen LogP contribution >= 0.6 is 15.9 Å². The summed E-state index contributed by atoms with van der Waals surface area (Å²) >= 11 is 1.53. The minimum absolute atomic E-state index is 0.757. The lowest BCUT2D eigenvalue weighted by Crippen LogP contribution is -2.39. The molecule has 4 nitrogen and oxygen atoms in total. The average Bonchev–Trinajstić information content (AvgIpc) is 2.26. The standard InChI is InChI=1S/C9H13BrF4O4/c1-7(4-15,5-16)6(17)18-3-2-8(11,12)9(10,13)14/h15-16H,2-5H2,1H3. The zero-order valence-corrected chi connectivity index (χ0v) is 11.0. The van der Waals surface area contributed by atoms with Gasteiger partial charge in [-0.1, -0.05) is 0 Å². The molecule has 0 aromatic carbocycles. The molecule has 0 aromatic heterocycles. The van der Waals surface area contributed by atoms with E-state index in [4.69, 9.17) is 10.2 Å². The number of carbonyl (C=O) groups excluding carboxylic acids is 1. The summed E-state index contributed by atoms with van der Waals surface area (Å²) in [5.74, 6) is -5.51. The zero-order valence-electron chi connectivity index (χ0n) is 9.43. The molecule has 0 fully saturated rings. The molecule has 0 spiro atoms. The van der Waals surface area contributed by atoms with E-state index in [9.17, 15) is 22.4 Å². The smallest absolute Gasteiger partial charge is 0.363 e. The van der Waals surface area contributed by atoms with E-state index in [1.54, 1.807) is 0 Å². The summed E-state index contributed by atoms with van der Waals surface area (Å²) in [7, 11) is 0. The molecule has 0 rings (SSSR count). The number of rotatable bonds is 7. The first-order valence-corrected chi connectivity index (χ1v) is 5.63. The van der Waals surface area contributed by atoms with Gasteiger partial charge in [0.15, 0.2) is 0 Å². The summed E-state index contributed by atoms with van der Waals surface area (Å²) in [4.78, 5) is 6.88. The Balaban J connectivity index is 4.33. The number of alkyl halides is 5. The largest absolute Gasteiger partial charge is 0.465 e. The Morgan fingerprint density at radius 2 is 1.67 bits per heavy atom. The number of hydrogen-bond acceptors (Lipinski definition) is 4. The molecule has 0 atom stereocenters. The van der Waals surface area contributed by atoms with Gasteiger partial charge in [-0.15, -0.1) is 0 Å². The molecule has 0 aliphatic heterocycles. The summed E-state index contributed by atoms with van der Waals surface area (Å²) in [6.45, 7) is -1.32. The zero-order chi connectivity index (χ0) is 14.6. The fourth-order valence-corrected chi connectivity index (χ4v) is 0.965. The SMILES string of the molecule is CC(CO)(CO)C(=O)OCCC(F)(F)C(F)(F)Br. The minimum Gasteiger partial charge on any atom is -0.465 e. The third kappa shape index (κ3) is 4.36. The molecule has 0 aliphatic carbocycles. The molecule has 0 saturated carbocycles. The highest BCUT2D eigenvalue weighted by molar-refractivity contribution is 9.10. The van der Waals surface area contributed by atoms with Crippen LogP contribution in [0.15, 0.2) is 0 Å². The minimum atomic E-state index is -4.40. The third-order valence-corrected chi connectivity index (χ3v) is 2.83. The lowest BCUT2D eigenvalue weighted by Gasteiger charge is -2.24. The molecule has 0 heterocycles. The highest BCUT2D eigenvalue weighted by Gasteiger charge is 2.54. The van der Waals surface area contributed by atoms with Crippen LogP contribution in [0.5, 0.6) is 0 Å². The van der Waals surface area contributed by atoms with Crippen LogP contribution in [0.1, 0.15) is 13.3 Å². The van der Waals surface area contributed by atoms with Crippen LogP contribution in [0.2, 0.25) is 0 Å². The van der Waals surface area contributed by atoms with Crippen molar-refractivity contribution < 1.29 is 37.3 Å². The second-order valence-electron chi connectivity index (χ2n) is 3.97. The quantitative estimate of drug-likeness (QED) is 0.419. The van der Waals surface area contributed by atoms with Crippen molar-refractivity contribution in [3.05, 3.63) is 0 Å². The Kier molecular flexibility index (Phi) is 6.02. The number of aliphatic hydroxyl groups excluding tert-OH is 2. The highest BCUT2D eigenvalue weighted by atomic mass is 79.9. The molecule has 0 bridgehead atoms. The monoisotopic (exact) mass is 340 g/mol. The second-order valence-corrected chi connectivity index (χ2v) is 4.96. The van der Waals surface area contributed by atoms with E-state index in [2.05, 4.69) is 4.74 Å². The van der Waals surface area contributed by atoms with Crippen LogP contribution < -0.4 is 0 Å². The molecule has 0 amide bonds. The van der Waals surface area contributed by atoms with Crippen LogP contribution in [0, 0.1) is 5.41 Å². The van der Waals surface area contributed by atoms with Crippen molar-refractivity contribution >= 4 is 21.9 Å². The number of esters is 1. The summed E-state index contributed by atoms with van der Waals surface area (Å²) in [5.41, 5.74) is -1.65. The molecular formula is C9H13BrF4O4. The van der Waals surface area contributed by atoms with Gasteiger partial charge in [0.1, 0.15) is 5.41 Å². The molecule has 2 N–H and O–H groups in total. The molecule has 0 saturated heterocycles. The van der Waals surface area contributed by atoms with Crippen LogP contribution in [0.3, 0.4) is 0 Å². The van der Waals surface area contributed by atoms with Gasteiger partial charge in [-0.2, -0.15) is 17.6 Å². The highest BCUT2D eigenvalue weighted by Crippen LogP contribution is 2.41. The lowest BCUT2D eigenvalue weighted by atomic mass is 9.93. The fourth-order valence-electron chi connectivity index (χ4n) is 0.767. The summed E-state index contributed by atoms with van der Waals surface area (Å²) in [6, 6.07) is 0. The van der Waals surface area contributed by atoms with Gasteiger partial charge in [0.2, 0.25) is 0 Å². The molecule has 0 aliphatic rings. The van der Waals surface area contributed by atoms with Crippen LogP contribution in [0.4, 0.5) is 17.6 Å². The number of aliphatic hydroxyl groups is 2. The van der Waals surface area contributed by atoms with Crippen molar-refractivity contribution in [3.8, 4) is 0 Å². The van der Waals surface area contributed by atoms with Crippen molar-refractivity contribution in [2.24, 2.45) is 5.41 Å². The number of hydrogen-bond donors (Lipinski definition) is 2. The number of halogens is 5. The van der Waals surface area contributed by atoms with Crippen molar-refractivity contribution in [1.29, 1.82) is 0 Å². The predicted molar refractivity (Wildman–Crippen MR) is 56.7 cm³/mol. The van der Waals surface area contributed by atoms with Crippen LogP contribution in [-0.2, 0) is 9.53 Å². The maximum Gasteiger partial charge on any atom is 0.363 e. The van der Waals surface area contributed by atoms with E-state index in [0.29, 0.717) is 0 Å². The average molecular weight is 341 g/mol. The van der Waals surface area contributed by atoms with Crippen molar-refractivity contribution in [2.45, 2.75) is 24.1 Å². The van der Waals surface area contributed by atoms with Gasteiger partial charge in [-0.05, 0) is 22.9 Å². The van der Waals surface area contributed by atoms with E-state index in [-0.39, 0.29) is 0 Å². The molecule has 18 heavy (non-hydrogen) atoms. The Bertz CT molecular complexity index is 289. The summed E-state index contributed by atoms with van der Waals surface area (Å²) in [5, 5.41) is 17.6. The Hall–Kier alpha value is -0.410. The Morgan fingerprint density at radius 3 is 2.00 bits per heavy atom. The van der Waals surface area contributed by atoms with E-state index in [0.717, 1.165) is 6.92 Å². The van der Waals surface area contributed by atoms with Gasteiger partial charge in [-0.25, -0.2) is 0 Å². The van der Waals surface area contributed by atoms with Crippen molar-refractivity contribution in [2.75, 3.05) is 19.8 Å². The maximum atomic E-state index is 12.8. The van der Waals surface area contributed by atoms with E-state index >= 15 is 0 Å². The molecule has 0 radical (unpaired) electrons. The first-order chi connectivity index (χ1) is 8.00. The van der Waals surface area contributed by atoms with Gasteiger partial charge in [0.05, 0.1) is 26.2 Å². The molecular weight excluding hydrogens is 328 g/mol.